The van der Waals surface area contributed by atoms with Crippen LogP contribution in [0.15, 0.2) is 0 Å². The number of hydroxylamine groups is 1. The van der Waals surface area contributed by atoms with Crippen LogP contribution in [-0.4, -0.2) is 48.3 Å². The molecule has 21 heavy (non-hydrogen) atoms. The minimum atomic E-state index is -3.40. The van der Waals surface area contributed by atoms with E-state index in [9.17, 15) is 18.0 Å². The van der Waals surface area contributed by atoms with Gasteiger partial charge in [0.05, 0.1) is 17.9 Å². The van der Waals surface area contributed by atoms with Gasteiger partial charge in [0.25, 0.3) is 0 Å². The number of hydrogen-bond acceptors (Lipinski definition) is 6. The van der Waals surface area contributed by atoms with Crippen molar-refractivity contribution in [3.05, 3.63) is 0 Å². The second-order valence-corrected chi connectivity index (χ2v) is 8.34. The van der Waals surface area contributed by atoms with Crippen molar-refractivity contribution in [1.29, 1.82) is 0 Å². The summed E-state index contributed by atoms with van der Waals surface area (Å²) in [6.07, 6.45) is -0.891. The van der Waals surface area contributed by atoms with Crippen molar-refractivity contribution in [3.8, 4) is 0 Å². The van der Waals surface area contributed by atoms with E-state index in [1.165, 1.54) is 0 Å². The zero-order valence-corrected chi connectivity index (χ0v) is 13.2. The molecule has 1 fully saturated rings. The van der Waals surface area contributed by atoms with Gasteiger partial charge >= 0.3 is 12.1 Å². The largest absolute Gasteiger partial charge is 0.481 e. The Balaban J connectivity index is 2.75. The maximum absolute atomic E-state index is 11.7. The summed E-state index contributed by atoms with van der Waals surface area (Å²) < 4.78 is 28.4. The van der Waals surface area contributed by atoms with Gasteiger partial charge in [0.1, 0.15) is 11.2 Å². The molecule has 1 unspecified atom stereocenters. The van der Waals surface area contributed by atoms with Gasteiger partial charge in [-0.2, -0.15) is 5.48 Å². The number of carboxylic acid groups (broad SMARTS) is 1. The fourth-order valence-electron chi connectivity index (χ4n) is 2.14. The van der Waals surface area contributed by atoms with E-state index < -0.39 is 45.3 Å². The van der Waals surface area contributed by atoms with Gasteiger partial charge in [-0.3, -0.25) is 9.63 Å². The summed E-state index contributed by atoms with van der Waals surface area (Å²) in [7, 11) is -3.40. The molecule has 1 saturated heterocycles. The first-order chi connectivity index (χ1) is 9.43. The average molecular weight is 323 g/mol. The molecule has 1 amide bonds. The lowest BCUT2D eigenvalue weighted by Gasteiger charge is -2.34. The SMILES string of the molecule is CC(C)(C)OC(=O)NOC1(CC(=O)O)CCCS(=O)(=O)C1. The Labute approximate surface area is 123 Å². The molecule has 1 atom stereocenters. The van der Waals surface area contributed by atoms with Gasteiger partial charge < -0.3 is 9.84 Å². The topological polar surface area (TPSA) is 119 Å². The monoisotopic (exact) mass is 323 g/mol. The van der Waals surface area contributed by atoms with Gasteiger partial charge in [0.15, 0.2) is 9.84 Å². The number of sulfone groups is 1. The molecule has 1 aliphatic heterocycles. The van der Waals surface area contributed by atoms with Crippen LogP contribution in [0.1, 0.15) is 40.0 Å². The molecule has 0 aromatic carbocycles. The molecule has 0 aliphatic carbocycles. The minimum absolute atomic E-state index is 0.00976. The van der Waals surface area contributed by atoms with E-state index in [4.69, 9.17) is 14.7 Å². The van der Waals surface area contributed by atoms with Crippen molar-refractivity contribution in [2.24, 2.45) is 0 Å². The lowest BCUT2D eigenvalue weighted by molar-refractivity contribution is -0.151. The van der Waals surface area contributed by atoms with Gasteiger partial charge in [-0.05, 0) is 33.6 Å². The number of amides is 1. The quantitative estimate of drug-likeness (QED) is 0.736. The molecule has 1 rings (SSSR count). The molecule has 9 heteroatoms. The Kier molecular flexibility index (Phi) is 5.21. The molecule has 8 nitrogen and oxygen atoms in total. The molecule has 0 aromatic rings. The Morgan fingerprint density at radius 1 is 1.33 bits per heavy atom. The van der Waals surface area contributed by atoms with Crippen LogP contribution in [0.2, 0.25) is 0 Å². The van der Waals surface area contributed by atoms with Crippen molar-refractivity contribution in [2.45, 2.75) is 51.2 Å². The smallest absolute Gasteiger partial charge is 0.431 e. The number of rotatable bonds is 4. The van der Waals surface area contributed by atoms with Crippen LogP contribution in [0.3, 0.4) is 0 Å². The second kappa shape index (κ2) is 6.18. The number of aliphatic carboxylic acids is 1. The predicted octanol–water partition coefficient (Wildman–Crippen LogP) is 0.865. The molecule has 0 spiro atoms. The third-order valence-electron chi connectivity index (χ3n) is 2.79. The van der Waals surface area contributed by atoms with Crippen molar-refractivity contribution in [3.63, 3.8) is 0 Å². The Morgan fingerprint density at radius 3 is 2.43 bits per heavy atom. The van der Waals surface area contributed by atoms with Crippen molar-refractivity contribution in [1.82, 2.24) is 5.48 Å². The average Bonchev–Trinajstić information content (AvgIpc) is 2.21. The number of ether oxygens (including phenoxy) is 1. The predicted molar refractivity (Wildman–Crippen MR) is 73.3 cm³/mol. The minimum Gasteiger partial charge on any atom is -0.481 e. The van der Waals surface area contributed by atoms with E-state index in [-0.39, 0.29) is 18.6 Å². The standard InChI is InChI=1S/C12H21NO7S/c1-11(2,3)19-10(16)13-20-12(7-9(14)15)5-4-6-21(17,18)8-12/h4-8H2,1-3H3,(H,13,16)(H,14,15). The lowest BCUT2D eigenvalue weighted by atomic mass is 9.96. The number of carbonyl (C=O) groups excluding carboxylic acids is 1. The summed E-state index contributed by atoms with van der Waals surface area (Å²) in [4.78, 5) is 27.6. The van der Waals surface area contributed by atoms with Crippen LogP contribution >= 0.6 is 0 Å². The van der Waals surface area contributed by atoms with Gasteiger partial charge in [-0.25, -0.2) is 13.2 Å². The first kappa shape index (κ1) is 17.7. The number of carbonyl (C=O) groups is 2. The van der Waals surface area contributed by atoms with Crippen LogP contribution in [0.4, 0.5) is 4.79 Å². The highest BCUT2D eigenvalue weighted by Crippen LogP contribution is 2.29. The van der Waals surface area contributed by atoms with Crippen LogP contribution < -0.4 is 5.48 Å². The van der Waals surface area contributed by atoms with Gasteiger partial charge in [-0.15, -0.1) is 0 Å². The maximum atomic E-state index is 11.7. The Morgan fingerprint density at radius 2 is 1.95 bits per heavy atom. The van der Waals surface area contributed by atoms with Crippen LogP contribution in [0.25, 0.3) is 0 Å². The molecular weight excluding hydrogens is 302 g/mol. The Hall–Kier alpha value is -1.35. The van der Waals surface area contributed by atoms with E-state index in [0.29, 0.717) is 0 Å². The normalized spacial score (nSPS) is 25.1. The number of hydrogen-bond donors (Lipinski definition) is 2. The van der Waals surface area contributed by atoms with Crippen molar-refractivity contribution >= 4 is 21.9 Å². The van der Waals surface area contributed by atoms with Crippen LogP contribution in [0, 0.1) is 0 Å². The third-order valence-corrected chi connectivity index (χ3v) is 4.67. The van der Waals surface area contributed by atoms with Crippen LogP contribution in [-0.2, 0) is 24.2 Å². The summed E-state index contributed by atoms with van der Waals surface area (Å²) in [6.45, 7) is 4.97. The highest BCUT2D eigenvalue weighted by molar-refractivity contribution is 7.91. The Bertz CT molecular complexity index is 508. The number of carboxylic acids is 1. The summed E-state index contributed by atoms with van der Waals surface area (Å²) >= 11 is 0. The molecular formula is C12H21NO7S. The molecule has 1 heterocycles. The molecule has 0 radical (unpaired) electrons. The fraction of sp³-hybridized carbons (Fsp3) is 0.833. The second-order valence-electron chi connectivity index (χ2n) is 6.16. The van der Waals surface area contributed by atoms with Gasteiger partial charge in [-0.1, -0.05) is 0 Å². The van der Waals surface area contributed by atoms with Crippen LogP contribution in [0.5, 0.6) is 0 Å². The zero-order chi connectivity index (χ0) is 16.3. The lowest BCUT2D eigenvalue weighted by Crippen LogP contribution is -2.50. The highest BCUT2D eigenvalue weighted by Gasteiger charge is 2.43. The van der Waals surface area contributed by atoms with E-state index in [0.717, 1.165) is 0 Å². The van der Waals surface area contributed by atoms with E-state index in [2.05, 4.69) is 0 Å². The fourth-order valence-corrected chi connectivity index (χ4v) is 3.98. The number of nitrogens with one attached hydrogen (secondary N) is 1. The first-order valence-electron chi connectivity index (χ1n) is 6.52. The molecule has 1 aliphatic rings. The molecule has 0 aromatic heterocycles. The molecule has 0 bridgehead atoms. The molecule has 0 saturated carbocycles. The van der Waals surface area contributed by atoms with Gasteiger partial charge in [0, 0.05) is 0 Å². The zero-order valence-electron chi connectivity index (χ0n) is 12.3. The van der Waals surface area contributed by atoms with Crippen molar-refractivity contribution < 1.29 is 32.7 Å². The summed E-state index contributed by atoms with van der Waals surface area (Å²) in [5.74, 6) is -1.65. The van der Waals surface area contributed by atoms with Gasteiger partial charge in [0.2, 0.25) is 0 Å². The summed E-state index contributed by atoms with van der Waals surface area (Å²) in [5, 5.41) is 8.93. The van der Waals surface area contributed by atoms with E-state index >= 15 is 0 Å². The molecule has 2 N–H and O–H groups in total. The van der Waals surface area contributed by atoms with E-state index in [1.807, 2.05) is 5.48 Å². The third kappa shape index (κ3) is 6.30. The maximum Gasteiger partial charge on any atom is 0.431 e. The van der Waals surface area contributed by atoms with Crippen molar-refractivity contribution in [2.75, 3.05) is 11.5 Å². The highest BCUT2D eigenvalue weighted by atomic mass is 32.2. The summed E-state index contributed by atoms with van der Waals surface area (Å²) in [6, 6.07) is 0. The first-order valence-corrected chi connectivity index (χ1v) is 8.34. The summed E-state index contributed by atoms with van der Waals surface area (Å²) in [5.41, 5.74) is -0.199. The molecule has 122 valence electrons. The van der Waals surface area contributed by atoms with E-state index in [1.54, 1.807) is 20.8 Å².